The average Bonchev–Trinajstić information content (AvgIpc) is 3.10. The fraction of sp³-hybridized carbons (Fsp3) is 0.485. The third-order valence-corrected chi connectivity index (χ3v) is 7.89. The van der Waals surface area contributed by atoms with E-state index in [9.17, 15) is 40.5 Å². The molecule has 0 amide bonds. The molecule has 4 rings (SSSR count). The van der Waals surface area contributed by atoms with Gasteiger partial charge >= 0.3 is 5.97 Å². The van der Waals surface area contributed by atoms with Gasteiger partial charge in [0.1, 0.15) is 43.2 Å². The molecule has 10 atom stereocenters. The lowest BCUT2D eigenvalue weighted by Crippen LogP contribution is -2.64. The van der Waals surface area contributed by atoms with Crippen molar-refractivity contribution in [3.05, 3.63) is 53.6 Å². The van der Waals surface area contributed by atoms with E-state index >= 15 is 0 Å². The fourth-order valence-electron chi connectivity index (χ4n) is 5.13. The van der Waals surface area contributed by atoms with Crippen LogP contribution in [-0.2, 0) is 23.7 Å². The van der Waals surface area contributed by atoms with Crippen molar-refractivity contribution in [2.24, 2.45) is 0 Å². The number of hydrogen-bond donors (Lipinski definition) is 7. The summed E-state index contributed by atoms with van der Waals surface area (Å²) >= 11 is 0. The standard InChI is InChI=1S/C33H42O16/c1-16-25(37)27(39)29(41)32(46-16)49-31-28(40)26(38)23(15-34)47-33(31)48-30-21(43-3)13-18(14-22(30)44-4)6-5-11-45-24(36)10-8-17-7-9-19(35)20(12-17)42-2/h5-10,12-14,16,23,25-29,31-35,37-41H,11,15H2,1-4H3/b6-5+,10-8+/t16-,23+,25-,26+,27+,28-,29+,31+,32-,33-/m0/s1. The highest BCUT2D eigenvalue weighted by atomic mass is 16.8. The number of carbonyl (C=O) groups excluding carboxylic acids is 1. The quantitative estimate of drug-likeness (QED) is 0.106. The van der Waals surface area contributed by atoms with Crippen molar-refractivity contribution in [2.45, 2.75) is 68.3 Å². The SMILES string of the molecule is COc1cc(/C=C/C(=O)OC/C=C/c2cc(OC)c(O[C@@H]3O[C@H](CO)[C@@H](O)[C@H](O)[C@H]3O[C@@H]3O[C@@H](C)[C@H](O)[C@@H](O)[C@H]3O)c(OC)c2)ccc1O. The Morgan fingerprint density at radius 2 is 1.45 bits per heavy atom. The second-order valence-electron chi connectivity index (χ2n) is 11.2. The van der Waals surface area contributed by atoms with Crippen LogP contribution < -0.4 is 18.9 Å². The van der Waals surface area contributed by atoms with E-state index in [1.165, 1.54) is 46.5 Å². The molecule has 0 radical (unpaired) electrons. The Morgan fingerprint density at radius 3 is 2.08 bits per heavy atom. The van der Waals surface area contributed by atoms with Crippen molar-refractivity contribution in [3.8, 4) is 28.7 Å². The number of ether oxygens (including phenoxy) is 8. The summed E-state index contributed by atoms with van der Waals surface area (Å²) in [6, 6.07) is 7.73. The molecular weight excluding hydrogens is 652 g/mol. The number of aliphatic hydroxyl groups excluding tert-OH is 6. The highest BCUT2D eigenvalue weighted by Crippen LogP contribution is 2.41. The van der Waals surface area contributed by atoms with E-state index in [0.29, 0.717) is 11.1 Å². The van der Waals surface area contributed by atoms with Gasteiger partial charge in [-0.2, -0.15) is 0 Å². The van der Waals surface area contributed by atoms with Crippen LogP contribution in [0.1, 0.15) is 18.1 Å². The molecule has 0 unspecified atom stereocenters. The predicted octanol–water partition coefficient (Wildman–Crippen LogP) is -0.282. The second-order valence-corrected chi connectivity index (χ2v) is 11.2. The maximum atomic E-state index is 12.2. The second kappa shape index (κ2) is 17.1. The number of hydrogen-bond acceptors (Lipinski definition) is 16. The molecule has 2 aliphatic rings. The first kappa shape index (κ1) is 37.8. The minimum absolute atomic E-state index is 0.0163. The van der Waals surface area contributed by atoms with Gasteiger partial charge in [0, 0.05) is 6.08 Å². The molecule has 0 aromatic heterocycles. The number of benzene rings is 2. The summed E-state index contributed by atoms with van der Waals surface area (Å²) in [6.07, 6.45) is -9.15. The van der Waals surface area contributed by atoms with Crippen LogP contribution in [0.15, 0.2) is 42.5 Å². The van der Waals surface area contributed by atoms with Gasteiger partial charge in [-0.05, 0) is 54.5 Å². The van der Waals surface area contributed by atoms with Crippen LogP contribution in [0.5, 0.6) is 28.7 Å². The van der Waals surface area contributed by atoms with Crippen LogP contribution in [0.2, 0.25) is 0 Å². The van der Waals surface area contributed by atoms with Crippen molar-refractivity contribution in [2.75, 3.05) is 34.5 Å². The van der Waals surface area contributed by atoms with E-state index in [2.05, 4.69) is 0 Å². The van der Waals surface area contributed by atoms with E-state index in [1.54, 1.807) is 36.4 Å². The minimum Gasteiger partial charge on any atom is -0.504 e. The first-order valence-electron chi connectivity index (χ1n) is 15.2. The summed E-state index contributed by atoms with van der Waals surface area (Å²) in [5.74, 6) is -0.131. The number of esters is 1. The average molecular weight is 695 g/mol. The van der Waals surface area contributed by atoms with Crippen LogP contribution >= 0.6 is 0 Å². The van der Waals surface area contributed by atoms with Crippen LogP contribution in [0.3, 0.4) is 0 Å². The van der Waals surface area contributed by atoms with Gasteiger partial charge in [0.25, 0.3) is 0 Å². The first-order chi connectivity index (χ1) is 23.4. The lowest BCUT2D eigenvalue weighted by molar-refractivity contribution is -0.354. The van der Waals surface area contributed by atoms with Gasteiger partial charge in [-0.3, -0.25) is 0 Å². The third kappa shape index (κ3) is 8.99. The van der Waals surface area contributed by atoms with Gasteiger partial charge in [0.05, 0.1) is 34.0 Å². The Hall–Kier alpha value is -3.97. The van der Waals surface area contributed by atoms with Gasteiger partial charge in [0.2, 0.25) is 12.0 Å². The van der Waals surface area contributed by atoms with Gasteiger partial charge < -0.3 is 73.6 Å². The monoisotopic (exact) mass is 694 g/mol. The molecule has 49 heavy (non-hydrogen) atoms. The van der Waals surface area contributed by atoms with Crippen LogP contribution in [0.4, 0.5) is 0 Å². The molecule has 7 N–H and O–H groups in total. The van der Waals surface area contributed by atoms with Gasteiger partial charge in [0.15, 0.2) is 35.4 Å². The van der Waals surface area contributed by atoms with Crippen LogP contribution in [0, 0.1) is 0 Å². The molecule has 2 fully saturated rings. The van der Waals surface area contributed by atoms with Gasteiger partial charge in [-0.15, -0.1) is 0 Å². The molecule has 2 aromatic carbocycles. The van der Waals surface area contributed by atoms with E-state index in [0.717, 1.165) is 0 Å². The molecule has 0 aliphatic carbocycles. The predicted molar refractivity (Wildman–Crippen MR) is 169 cm³/mol. The summed E-state index contributed by atoms with van der Waals surface area (Å²) < 4.78 is 44.3. The largest absolute Gasteiger partial charge is 0.504 e. The Balaban J connectivity index is 1.48. The first-order valence-corrected chi connectivity index (χ1v) is 15.2. The molecule has 2 saturated heterocycles. The van der Waals surface area contributed by atoms with E-state index in [1.807, 2.05) is 0 Å². The molecule has 0 spiro atoms. The fourth-order valence-corrected chi connectivity index (χ4v) is 5.13. The highest BCUT2D eigenvalue weighted by molar-refractivity contribution is 5.87. The Kier molecular flexibility index (Phi) is 13.2. The number of rotatable bonds is 13. The molecule has 2 heterocycles. The van der Waals surface area contributed by atoms with Gasteiger partial charge in [-0.25, -0.2) is 4.79 Å². The van der Waals surface area contributed by atoms with Crippen molar-refractivity contribution in [1.29, 1.82) is 0 Å². The van der Waals surface area contributed by atoms with Crippen molar-refractivity contribution < 1.29 is 78.4 Å². The molecule has 2 aliphatic heterocycles. The van der Waals surface area contributed by atoms with Crippen molar-refractivity contribution in [1.82, 2.24) is 0 Å². The zero-order valence-corrected chi connectivity index (χ0v) is 27.2. The summed E-state index contributed by atoms with van der Waals surface area (Å²) in [5, 5.41) is 71.7. The Morgan fingerprint density at radius 1 is 0.796 bits per heavy atom. The lowest BCUT2D eigenvalue weighted by atomic mass is 9.97. The molecule has 2 aromatic rings. The van der Waals surface area contributed by atoms with Crippen molar-refractivity contribution >= 4 is 18.1 Å². The summed E-state index contributed by atoms with van der Waals surface area (Å²) in [5.41, 5.74) is 1.16. The normalized spacial score (nSPS) is 30.3. The van der Waals surface area contributed by atoms with E-state index < -0.39 is 74.0 Å². The summed E-state index contributed by atoms with van der Waals surface area (Å²) in [6.45, 7) is 0.667. The van der Waals surface area contributed by atoms with E-state index in [-0.39, 0.29) is 35.4 Å². The summed E-state index contributed by atoms with van der Waals surface area (Å²) in [4.78, 5) is 12.2. The smallest absolute Gasteiger partial charge is 0.331 e. The zero-order valence-electron chi connectivity index (χ0n) is 27.2. The number of methoxy groups -OCH3 is 3. The third-order valence-electron chi connectivity index (χ3n) is 7.89. The molecule has 270 valence electrons. The van der Waals surface area contributed by atoms with E-state index in [4.69, 9.17) is 37.9 Å². The Bertz CT molecular complexity index is 1440. The summed E-state index contributed by atoms with van der Waals surface area (Å²) in [7, 11) is 4.13. The molecule has 0 bridgehead atoms. The molecular formula is C33H42O16. The number of phenolic OH excluding ortho intramolecular Hbond substituents is 1. The van der Waals surface area contributed by atoms with Gasteiger partial charge in [-0.1, -0.05) is 12.1 Å². The Labute approximate surface area is 281 Å². The maximum Gasteiger partial charge on any atom is 0.331 e. The van der Waals surface area contributed by atoms with Crippen LogP contribution in [-0.4, -0.2) is 138 Å². The molecule has 16 heteroatoms. The van der Waals surface area contributed by atoms with Crippen molar-refractivity contribution in [3.63, 3.8) is 0 Å². The molecule has 0 saturated carbocycles. The van der Waals surface area contributed by atoms with Crippen LogP contribution in [0.25, 0.3) is 12.2 Å². The zero-order chi connectivity index (χ0) is 35.8. The highest BCUT2D eigenvalue weighted by Gasteiger charge is 2.51. The number of phenols is 1. The lowest BCUT2D eigenvalue weighted by Gasteiger charge is -2.45. The maximum absolute atomic E-state index is 12.2. The number of aliphatic hydroxyl groups is 6. The number of aromatic hydroxyl groups is 1. The molecule has 16 nitrogen and oxygen atoms in total. The number of carbonyl (C=O) groups is 1. The topological polar surface area (TPSA) is 233 Å². The minimum atomic E-state index is -1.74.